The highest BCUT2D eigenvalue weighted by Crippen LogP contribution is 2.26. The average Bonchev–Trinajstić information content (AvgIpc) is 3.21. The zero-order valence-electron chi connectivity index (χ0n) is 14.0. The van der Waals surface area contributed by atoms with Crippen LogP contribution in [0.2, 0.25) is 0 Å². The van der Waals surface area contributed by atoms with Gasteiger partial charge in [0.25, 0.3) is 5.91 Å². The lowest BCUT2D eigenvalue weighted by Crippen LogP contribution is -2.23. The van der Waals surface area contributed by atoms with E-state index in [1.807, 2.05) is 53.2 Å². The molecule has 0 saturated heterocycles. The van der Waals surface area contributed by atoms with Gasteiger partial charge >= 0.3 is 0 Å². The summed E-state index contributed by atoms with van der Waals surface area (Å²) in [5.41, 5.74) is 3.00. The van der Waals surface area contributed by atoms with Crippen LogP contribution in [0.4, 0.5) is 0 Å². The van der Waals surface area contributed by atoms with Gasteiger partial charge in [-0.2, -0.15) is 0 Å². The van der Waals surface area contributed by atoms with Gasteiger partial charge in [-0.3, -0.25) is 4.79 Å². The lowest BCUT2D eigenvalue weighted by atomic mass is 10.1. The number of amides is 1. The molecule has 0 saturated carbocycles. The standard InChI is InChI=1S/C19H16BrN3O3/c1-25-11-15-14-4-2-3-5-16(14)26-18(15)19(24)21-8-13-10-23-9-12(20)6-7-17(23)22-13/h2-7,9-10H,8,11H2,1H3,(H,21,24). The van der Waals surface area contributed by atoms with Gasteiger partial charge in [0.2, 0.25) is 0 Å². The van der Waals surface area contributed by atoms with E-state index in [1.54, 1.807) is 7.11 Å². The van der Waals surface area contributed by atoms with E-state index in [2.05, 4.69) is 26.2 Å². The van der Waals surface area contributed by atoms with E-state index in [0.29, 0.717) is 18.7 Å². The third-order valence-corrected chi connectivity index (χ3v) is 4.56. The first-order valence-electron chi connectivity index (χ1n) is 8.06. The van der Waals surface area contributed by atoms with Crippen LogP contribution in [-0.4, -0.2) is 22.4 Å². The van der Waals surface area contributed by atoms with Crippen molar-refractivity contribution in [3.8, 4) is 0 Å². The fraction of sp³-hybridized carbons (Fsp3) is 0.158. The maximum atomic E-state index is 12.7. The van der Waals surface area contributed by atoms with Crippen molar-refractivity contribution in [1.29, 1.82) is 0 Å². The molecular formula is C19H16BrN3O3. The SMILES string of the molecule is COCc1c(C(=O)NCc2cn3cc(Br)ccc3n2)oc2ccccc12. The molecule has 4 rings (SSSR count). The maximum Gasteiger partial charge on any atom is 0.287 e. The highest BCUT2D eigenvalue weighted by Gasteiger charge is 2.20. The van der Waals surface area contributed by atoms with E-state index in [0.717, 1.165) is 26.8 Å². The summed E-state index contributed by atoms with van der Waals surface area (Å²) in [6.45, 7) is 0.615. The van der Waals surface area contributed by atoms with Gasteiger partial charge in [-0.25, -0.2) is 4.98 Å². The van der Waals surface area contributed by atoms with Gasteiger partial charge in [-0.15, -0.1) is 0 Å². The van der Waals surface area contributed by atoms with Crippen molar-refractivity contribution in [3.05, 3.63) is 70.3 Å². The minimum absolute atomic E-state index is 0.277. The smallest absolute Gasteiger partial charge is 0.287 e. The van der Waals surface area contributed by atoms with E-state index in [4.69, 9.17) is 9.15 Å². The fourth-order valence-electron chi connectivity index (χ4n) is 2.92. The second-order valence-corrected chi connectivity index (χ2v) is 6.78. The number of nitrogens with one attached hydrogen (secondary N) is 1. The number of pyridine rings is 1. The van der Waals surface area contributed by atoms with Crippen LogP contribution in [0.5, 0.6) is 0 Å². The molecule has 6 nitrogen and oxygen atoms in total. The molecule has 0 spiro atoms. The number of carbonyl (C=O) groups excluding carboxylic acids is 1. The van der Waals surface area contributed by atoms with Gasteiger partial charge in [-0.1, -0.05) is 18.2 Å². The number of halogens is 1. The second kappa shape index (κ2) is 6.93. The number of rotatable bonds is 5. The fourth-order valence-corrected chi connectivity index (χ4v) is 3.28. The Labute approximate surface area is 157 Å². The molecule has 0 fully saturated rings. The molecule has 0 aliphatic carbocycles. The van der Waals surface area contributed by atoms with Crippen molar-refractivity contribution < 1.29 is 13.9 Å². The van der Waals surface area contributed by atoms with Crippen LogP contribution in [-0.2, 0) is 17.9 Å². The Morgan fingerprint density at radius 1 is 1.27 bits per heavy atom. The van der Waals surface area contributed by atoms with E-state index in [1.165, 1.54) is 0 Å². The molecule has 1 N–H and O–H groups in total. The number of ether oxygens (including phenoxy) is 1. The summed E-state index contributed by atoms with van der Waals surface area (Å²) in [4.78, 5) is 17.1. The molecular weight excluding hydrogens is 398 g/mol. The van der Waals surface area contributed by atoms with Crippen molar-refractivity contribution in [1.82, 2.24) is 14.7 Å². The minimum Gasteiger partial charge on any atom is -0.451 e. The summed E-state index contributed by atoms with van der Waals surface area (Å²) in [5, 5.41) is 3.76. The maximum absolute atomic E-state index is 12.7. The van der Waals surface area contributed by atoms with Crippen LogP contribution >= 0.6 is 15.9 Å². The topological polar surface area (TPSA) is 68.8 Å². The van der Waals surface area contributed by atoms with Crippen LogP contribution in [0.1, 0.15) is 21.8 Å². The quantitative estimate of drug-likeness (QED) is 0.538. The van der Waals surface area contributed by atoms with Gasteiger partial charge in [0.15, 0.2) is 5.76 Å². The van der Waals surface area contributed by atoms with Crippen molar-refractivity contribution in [2.45, 2.75) is 13.2 Å². The second-order valence-electron chi connectivity index (χ2n) is 5.87. The van der Waals surface area contributed by atoms with Crippen LogP contribution < -0.4 is 5.32 Å². The van der Waals surface area contributed by atoms with Gasteiger partial charge < -0.3 is 18.9 Å². The predicted molar refractivity (Wildman–Crippen MR) is 101 cm³/mol. The number of furan rings is 1. The number of hydrogen-bond donors (Lipinski definition) is 1. The van der Waals surface area contributed by atoms with E-state index in [9.17, 15) is 4.79 Å². The molecule has 0 unspecified atom stereocenters. The molecule has 3 aromatic heterocycles. The molecule has 1 amide bonds. The summed E-state index contributed by atoms with van der Waals surface area (Å²) < 4.78 is 13.9. The Morgan fingerprint density at radius 3 is 2.96 bits per heavy atom. The van der Waals surface area contributed by atoms with Crippen molar-refractivity contribution in [2.75, 3.05) is 7.11 Å². The summed E-state index contributed by atoms with van der Waals surface area (Å²) in [6.07, 6.45) is 3.80. The number of para-hydroxylation sites is 1. The lowest BCUT2D eigenvalue weighted by molar-refractivity contribution is 0.0918. The van der Waals surface area contributed by atoms with Gasteiger partial charge in [0, 0.05) is 34.9 Å². The summed E-state index contributed by atoms with van der Waals surface area (Å²) in [6, 6.07) is 11.4. The van der Waals surface area contributed by atoms with Crippen LogP contribution in [0.15, 0.2) is 57.7 Å². The Bertz CT molecular complexity index is 1100. The molecule has 26 heavy (non-hydrogen) atoms. The number of benzene rings is 1. The normalized spacial score (nSPS) is 11.3. The van der Waals surface area contributed by atoms with Gasteiger partial charge in [-0.05, 0) is 34.1 Å². The number of carbonyl (C=O) groups is 1. The molecule has 1 aromatic carbocycles. The average molecular weight is 414 g/mol. The van der Waals surface area contributed by atoms with Crippen molar-refractivity contribution in [3.63, 3.8) is 0 Å². The van der Waals surface area contributed by atoms with Crippen molar-refractivity contribution >= 4 is 38.5 Å². The van der Waals surface area contributed by atoms with E-state index < -0.39 is 0 Å². The first kappa shape index (κ1) is 16.8. The summed E-state index contributed by atoms with van der Waals surface area (Å²) in [7, 11) is 1.60. The third kappa shape index (κ3) is 3.11. The lowest BCUT2D eigenvalue weighted by Gasteiger charge is -2.03. The highest BCUT2D eigenvalue weighted by atomic mass is 79.9. The monoisotopic (exact) mass is 413 g/mol. The molecule has 7 heteroatoms. The number of aromatic nitrogens is 2. The Hall–Kier alpha value is -2.64. The van der Waals surface area contributed by atoms with E-state index in [-0.39, 0.29) is 11.7 Å². The van der Waals surface area contributed by atoms with Crippen molar-refractivity contribution in [2.24, 2.45) is 0 Å². The molecule has 0 bridgehead atoms. The summed E-state index contributed by atoms with van der Waals surface area (Å²) >= 11 is 3.43. The number of methoxy groups -OCH3 is 1. The Morgan fingerprint density at radius 2 is 2.12 bits per heavy atom. The molecule has 0 aliphatic heterocycles. The number of nitrogens with zero attached hydrogens (tertiary/aromatic N) is 2. The van der Waals surface area contributed by atoms with Crippen LogP contribution in [0.25, 0.3) is 16.6 Å². The molecule has 4 aromatic rings. The first-order chi connectivity index (χ1) is 12.7. The molecule has 0 radical (unpaired) electrons. The summed E-state index contributed by atoms with van der Waals surface area (Å²) in [5.74, 6) is -0.00829. The molecule has 0 aliphatic rings. The van der Waals surface area contributed by atoms with Gasteiger partial charge in [0.05, 0.1) is 18.8 Å². The zero-order chi connectivity index (χ0) is 18.1. The van der Waals surface area contributed by atoms with Crippen LogP contribution in [0, 0.1) is 0 Å². The Balaban J connectivity index is 1.57. The number of hydrogen-bond acceptors (Lipinski definition) is 4. The number of imidazole rings is 1. The molecule has 0 atom stereocenters. The Kier molecular flexibility index (Phi) is 4.48. The zero-order valence-corrected chi connectivity index (χ0v) is 15.6. The minimum atomic E-state index is -0.286. The number of fused-ring (bicyclic) bond motifs is 2. The van der Waals surface area contributed by atoms with Gasteiger partial charge in [0.1, 0.15) is 11.2 Å². The largest absolute Gasteiger partial charge is 0.451 e. The predicted octanol–water partition coefficient (Wildman–Crippen LogP) is 3.92. The third-order valence-electron chi connectivity index (χ3n) is 4.09. The molecule has 3 heterocycles. The molecule has 132 valence electrons. The first-order valence-corrected chi connectivity index (χ1v) is 8.85. The highest BCUT2D eigenvalue weighted by molar-refractivity contribution is 9.10. The van der Waals surface area contributed by atoms with E-state index >= 15 is 0 Å². The van der Waals surface area contributed by atoms with Crippen LogP contribution in [0.3, 0.4) is 0 Å².